The highest BCUT2D eigenvalue weighted by Gasteiger charge is 2.16. The normalized spacial score (nSPS) is 21.9. The highest BCUT2D eigenvalue weighted by molar-refractivity contribution is 5.76. The molecule has 15 heavy (non-hydrogen) atoms. The minimum absolute atomic E-state index is 0.0742. The summed E-state index contributed by atoms with van der Waals surface area (Å²) in [6, 6.07) is 7.19. The Hall–Kier alpha value is -1.55. The molecular formula is C11H14N2O2. The average molecular weight is 206 g/mol. The Morgan fingerprint density at radius 2 is 2.27 bits per heavy atom. The van der Waals surface area contributed by atoms with E-state index in [1.54, 1.807) is 18.2 Å². The van der Waals surface area contributed by atoms with Crippen LogP contribution in [0.2, 0.25) is 0 Å². The van der Waals surface area contributed by atoms with Gasteiger partial charge in [-0.25, -0.2) is 0 Å². The van der Waals surface area contributed by atoms with Crippen LogP contribution in [-0.2, 0) is 4.79 Å². The third-order valence-corrected chi connectivity index (χ3v) is 2.52. The Balaban J connectivity index is 2.13. The number of nitrogens with one attached hydrogen (secondary N) is 2. The maximum Gasteiger partial charge on any atom is 0.221 e. The topological polar surface area (TPSA) is 61.4 Å². The second-order valence-corrected chi connectivity index (χ2v) is 3.66. The molecule has 1 aromatic carbocycles. The molecule has 1 aliphatic heterocycles. The molecule has 0 bridgehead atoms. The van der Waals surface area contributed by atoms with Crippen LogP contribution in [0.1, 0.15) is 18.0 Å². The van der Waals surface area contributed by atoms with E-state index in [0.717, 1.165) is 5.56 Å². The van der Waals surface area contributed by atoms with Gasteiger partial charge in [0.1, 0.15) is 5.75 Å². The number of aromatic hydroxyl groups is 1. The third kappa shape index (κ3) is 2.47. The number of carbonyl (C=O) groups is 1. The van der Waals surface area contributed by atoms with Gasteiger partial charge in [0.2, 0.25) is 5.91 Å². The van der Waals surface area contributed by atoms with Crippen molar-refractivity contribution in [1.29, 1.82) is 0 Å². The zero-order valence-corrected chi connectivity index (χ0v) is 8.36. The fourth-order valence-corrected chi connectivity index (χ4v) is 1.71. The Bertz CT molecular complexity index is 365. The van der Waals surface area contributed by atoms with Crippen LogP contribution < -0.4 is 10.6 Å². The van der Waals surface area contributed by atoms with Crippen molar-refractivity contribution in [1.82, 2.24) is 10.6 Å². The number of carbonyl (C=O) groups excluding carboxylic acids is 1. The number of rotatable bonds is 1. The van der Waals surface area contributed by atoms with E-state index in [2.05, 4.69) is 10.6 Å². The number of amides is 1. The molecule has 1 atom stereocenters. The van der Waals surface area contributed by atoms with Crippen molar-refractivity contribution in [2.45, 2.75) is 12.5 Å². The zero-order valence-electron chi connectivity index (χ0n) is 8.36. The molecule has 1 aromatic rings. The molecule has 0 spiro atoms. The summed E-state index contributed by atoms with van der Waals surface area (Å²) in [5, 5.41) is 15.4. The van der Waals surface area contributed by atoms with Gasteiger partial charge in [-0.05, 0) is 17.7 Å². The van der Waals surface area contributed by atoms with Crippen molar-refractivity contribution in [3.63, 3.8) is 0 Å². The Morgan fingerprint density at radius 1 is 1.40 bits per heavy atom. The highest BCUT2D eigenvalue weighted by Crippen LogP contribution is 2.18. The first kappa shape index (κ1) is 9.98. The molecule has 4 nitrogen and oxygen atoms in total. The van der Waals surface area contributed by atoms with E-state index in [-0.39, 0.29) is 17.7 Å². The van der Waals surface area contributed by atoms with Crippen LogP contribution in [0.5, 0.6) is 5.75 Å². The second-order valence-electron chi connectivity index (χ2n) is 3.66. The van der Waals surface area contributed by atoms with Crippen LogP contribution in [0.4, 0.5) is 0 Å². The molecule has 0 radical (unpaired) electrons. The minimum Gasteiger partial charge on any atom is -0.508 e. The van der Waals surface area contributed by atoms with E-state index < -0.39 is 0 Å². The van der Waals surface area contributed by atoms with Crippen molar-refractivity contribution in [2.24, 2.45) is 0 Å². The molecule has 1 fully saturated rings. The maximum atomic E-state index is 11.1. The fraction of sp³-hybridized carbons (Fsp3) is 0.364. The summed E-state index contributed by atoms with van der Waals surface area (Å²) in [5.41, 5.74) is 0.997. The van der Waals surface area contributed by atoms with Crippen LogP contribution in [0.25, 0.3) is 0 Å². The van der Waals surface area contributed by atoms with Gasteiger partial charge in [0.15, 0.2) is 0 Å². The Labute approximate surface area is 88.3 Å². The summed E-state index contributed by atoms with van der Waals surface area (Å²) >= 11 is 0. The largest absolute Gasteiger partial charge is 0.508 e. The third-order valence-electron chi connectivity index (χ3n) is 2.52. The van der Waals surface area contributed by atoms with E-state index >= 15 is 0 Å². The summed E-state index contributed by atoms with van der Waals surface area (Å²) in [5.74, 6) is 0.329. The molecular weight excluding hydrogens is 192 g/mol. The molecule has 1 saturated heterocycles. The molecule has 0 aliphatic carbocycles. The van der Waals surface area contributed by atoms with Gasteiger partial charge in [-0.3, -0.25) is 4.79 Å². The van der Waals surface area contributed by atoms with Crippen LogP contribution in [0, 0.1) is 0 Å². The van der Waals surface area contributed by atoms with Crippen LogP contribution >= 0.6 is 0 Å². The van der Waals surface area contributed by atoms with Gasteiger partial charge < -0.3 is 15.7 Å². The van der Waals surface area contributed by atoms with Gasteiger partial charge >= 0.3 is 0 Å². The van der Waals surface area contributed by atoms with Crippen molar-refractivity contribution in [2.75, 3.05) is 13.1 Å². The molecule has 4 heteroatoms. The average Bonchev–Trinajstić information content (AvgIpc) is 2.43. The van der Waals surface area contributed by atoms with Gasteiger partial charge in [-0.15, -0.1) is 0 Å². The van der Waals surface area contributed by atoms with Gasteiger partial charge in [-0.2, -0.15) is 0 Å². The molecule has 2 rings (SSSR count). The molecule has 80 valence electrons. The lowest BCUT2D eigenvalue weighted by Gasteiger charge is -2.15. The van der Waals surface area contributed by atoms with E-state index in [0.29, 0.717) is 19.5 Å². The summed E-state index contributed by atoms with van der Waals surface area (Å²) in [7, 11) is 0. The predicted octanol–water partition coefficient (Wildman–Crippen LogP) is 0.543. The summed E-state index contributed by atoms with van der Waals surface area (Å²) in [6.07, 6.45) is 0.509. The summed E-state index contributed by atoms with van der Waals surface area (Å²) in [6.45, 7) is 1.24. The van der Waals surface area contributed by atoms with Crippen LogP contribution in [0.3, 0.4) is 0 Å². The summed E-state index contributed by atoms with van der Waals surface area (Å²) < 4.78 is 0. The zero-order chi connectivity index (χ0) is 10.7. The van der Waals surface area contributed by atoms with Crippen molar-refractivity contribution >= 4 is 5.91 Å². The standard InChI is InChI=1S/C11H14N2O2/c14-9-3-1-2-8(6-9)10-7-13-11(15)4-5-12-10/h1-3,6,10,12,14H,4-5,7H2,(H,13,15). The lowest BCUT2D eigenvalue weighted by atomic mass is 10.1. The van der Waals surface area contributed by atoms with E-state index in [4.69, 9.17) is 0 Å². The van der Waals surface area contributed by atoms with E-state index in [1.165, 1.54) is 0 Å². The van der Waals surface area contributed by atoms with Gasteiger partial charge in [0.05, 0.1) is 0 Å². The van der Waals surface area contributed by atoms with Crippen molar-refractivity contribution in [3.8, 4) is 5.75 Å². The fourth-order valence-electron chi connectivity index (χ4n) is 1.71. The first-order valence-electron chi connectivity index (χ1n) is 5.05. The number of benzene rings is 1. The predicted molar refractivity (Wildman–Crippen MR) is 56.5 cm³/mol. The molecule has 1 heterocycles. The molecule has 3 N–H and O–H groups in total. The number of hydrogen-bond donors (Lipinski definition) is 3. The molecule has 1 unspecified atom stereocenters. The molecule has 0 saturated carbocycles. The first-order valence-corrected chi connectivity index (χ1v) is 5.05. The first-order chi connectivity index (χ1) is 7.25. The van der Waals surface area contributed by atoms with E-state index in [9.17, 15) is 9.90 Å². The second kappa shape index (κ2) is 4.31. The quantitative estimate of drug-likeness (QED) is 0.628. The van der Waals surface area contributed by atoms with E-state index in [1.807, 2.05) is 6.07 Å². The minimum atomic E-state index is 0.0742. The maximum absolute atomic E-state index is 11.1. The Morgan fingerprint density at radius 3 is 3.07 bits per heavy atom. The SMILES string of the molecule is O=C1CCNC(c2cccc(O)c2)CN1. The monoisotopic (exact) mass is 206 g/mol. The van der Waals surface area contributed by atoms with Crippen LogP contribution in [-0.4, -0.2) is 24.1 Å². The lowest BCUT2D eigenvalue weighted by Crippen LogP contribution is -2.28. The number of hydrogen-bond acceptors (Lipinski definition) is 3. The Kier molecular flexibility index (Phi) is 2.87. The summed E-state index contributed by atoms with van der Waals surface area (Å²) in [4.78, 5) is 11.1. The van der Waals surface area contributed by atoms with Gasteiger partial charge in [-0.1, -0.05) is 12.1 Å². The van der Waals surface area contributed by atoms with Gasteiger partial charge in [0, 0.05) is 25.6 Å². The molecule has 1 aliphatic rings. The van der Waals surface area contributed by atoms with Crippen LogP contribution in [0.15, 0.2) is 24.3 Å². The number of phenolic OH excluding ortho intramolecular Hbond substituents is 1. The van der Waals surface area contributed by atoms with Gasteiger partial charge in [0.25, 0.3) is 0 Å². The van der Waals surface area contributed by atoms with Crippen molar-refractivity contribution in [3.05, 3.63) is 29.8 Å². The lowest BCUT2D eigenvalue weighted by molar-refractivity contribution is -0.120. The smallest absolute Gasteiger partial charge is 0.221 e. The molecule has 0 aromatic heterocycles. The molecule has 1 amide bonds. The number of phenols is 1. The van der Waals surface area contributed by atoms with Crippen molar-refractivity contribution < 1.29 is 9.90 Å². The highest BCUT2D eigenvalue weighted by atomic mass is 16.3.